The molecule has 2 unspecified atom stereocenters. The Bertz CT molecular complexity index is 1890. The number of unbranched alkanes of at least 4 members (excludes halogenated alkanes) is 52. The van der Waals surface area contributed by atoms with Crippen LogP contribution in [0.2, 0.25) is 0 Å². The number of ether oxygens (including phenoxy) is 4. The molecule has 0 amide bonds. The lowest BCUT2D eigenvalue weighted by Gasteiger charge is -2.21. The monoisotopic (exact) mass is 1450 g/mol. The highest BCUT2D eigenvalue weighted by Gasteiger charge is 2.30. The van der Waals surface area contributed by atoms with Crippen LogP contribution in [0.25, 0.3) is 0 Å². The first-order valence-electron chi connectivity index (χ1n) is 41.6. The molecule has 0 saturated heterocycles. The largest absolute Gasteiger partial charge is 0.472 e. The summed E-state index contributed by atoms with van der Waals surface area (Å²) in [5, 5.41) is 10.6. The van der Waals surface area contributed by atoms with Gasteiger partial charge in [0, 0.05) is 25.7 Å². The van der Waals surface area contributed by atoms with Crippen molar-refractivity contribution in [2.24, 2.45) is 5.92 Å². The average molecular weight is 1450 g/mol. The van der Waals surface area contributed by atoms with Crippen molar-refractivity contribution in [2.75, 3.05) is 39.6 Å². The van der Waals surface area contributed by atoms with Gasteiger partial charge in [0.2, 0.25) is 0 Å². The molecular formula is C80H156O17P2. The molecule has 0 aromatic rings. The summed E-state index contributed by atoms with van der Waals surface area (Å²) in [6, 6.07) is 0. The molecule has 5 atom stereocenters. The second-order valence-electron chi connectivity index (χ2n) is 29.3. The van der Waals surface area contributed by atoms with Crippen molar-refractivity contribution in [1.29, 1.82) is 0 Å². The number of rotatable bonds is 80. The Morgan fingerprint density at radius 1 is 0.273 bits per heavy atom. The Morgan fingerprint density at radius 2 is 0.465 bits per heavy atom. The zero-order chi connectivity index (χ0) is 72.7. The number of carbonyl (C=O) groups excluding carboxylic acids is 4. The summed E-state index contributed by atoms with van der Waals surface area (Å²) in [5.41, 5.74) is 0. The van der Waals surface area contributed by atoms with Gasteiger partial charge in [0.25, 0.3) is 0 Å². The summed E-state index contributed by atoms with van der Waals surface area (Å²) in [6.07, 6.45) is 64.0. The molecular weight excluding hydrogens is 1290 g/mol. The summed E-state index contributed by atoms with van der Waals surface area (Å²) >= 11 is 0. The van der Waals surface area contributed by atoms with Crippen molar-refractivity contribution in [3.05, 3.63) is 0 Å². The van der Waals surface area contributed by atoms with Gasteiger partial charge in [0.15, 0.2) is 12.2 Å². The second kappa shape index (κ2) is 73.0. The highest BCUT2D eigenvalue weighted by molar-refractivity contribution is 7.47. The van der Waals surface area contributed by atoms with Crippen LogP contribution < -0.4 is 0 Å². The van der Waals surface area contributed by atoms with E-state index in [-0.39, 0.29) is 25.7 Å². The maximum Gasteiger partial charge on any atom is 0.472 e. The van der Waals surface area contributed by atoms with Gasteiger partial charge >= 0.3 is 39.5 Å². The summed E-state index contributed by atoms with van der Waals surface area (Å²) < 4.78 is 68.6. The van der Waals surface area contributed by atoms with Crippen LogP contribution in [-0.2, 0) is 65.4 Å². The number of hydrogen-bond donors (Lipinski definition) is 3. The van der Waals surface area contributed by atoms with E-state index in [1.807, 2.05) is 0 Å². The van der Waals surface area contributed by atoms with Crippen LogP contribution in [0.1, 0.15) is 426 Å². The fraction of sp³-hybridized carbons (Fsp3) is 0.950. The van der Waals surface area contributed by atoms with E-state index in [0.717, 1.165) is 95.8 Å². The van der Waals surface area contributed by atoms with Crippen molar-refractivity contribution in [3.63, 3.8) is 0 Å². The third kappa shape index (κ3) is 74.1. The van der Waals surface area contributed by atoms with Crippen LogP contribution in [0.4, 0.5) is 0 Å². The quantitative estimate of drug-likeness (QED) is 0.0222. The SMILES string of the molecule is CCCCCCCCCCCCCCCCCCCCCCCC(=O)O[C@H](COC(=O)CCCCCCCCCCCCCCCCCCC)COP(=O)(O)OC[C@@H](O)COP(=O)(O)OC[C@@H](COC(=O)CCCCCCCCCCC)OC(=O)CCCCCCCCCCCC(C)C. The topological polar surface area (TPSA) is 237 Å². The first kappa shape index (κ1) is 97.1. The smallest absolute Gasteiger partial charge is 0.462 e. The number of phosphoric acid groups is 2. The normalized spacial score (nSPS) is 13.9. The number of carbonyl (C=O) groups is 4. The fourth-order valence-electron chi connectivity index (χ4n) is 12.4. The van der Waals surface area contributed by atoms with E-state index >= 15 is 0 Å². The molecule has 99 heavy (non-hydrogen) atoms. The van der Waals surface area contributed by atoms with Crippen LogP contribution in [0.15, 0.2) is 0 Å². The van der Waals surface area contributed by atoms with E-state index in [1.165, 1.54) is 250 Å². The molecule has 0 fully saturated rings. The average Bonchev–Trinajstić information content (AvgIpc) is 1.05. The van der Waals surface area contributed by atoms with Gasteiger partial charge in [-0.25, -0.2) is 9.13 Å². The third-order valence-corrected chi connectivity index (χ3v) is 20.7. The fourth-order valence-corrected chi connectivity index (χ4v) is 14.0. The van der Waals surface area contributed by atoms with E-state index in [9.17, 15) is 43.2 Å². The zero-order valence-corrected chi connectivity index (χ0v) is 66.4. The van der Waals surface area contributed by atoms with Crippen LogP contribution in [0.3, 0.4) is 0 Å². The number of phosphoric ester groups is 2. The van der Waals surface area contributed by atoms with Crippen molar-refractivity contribution in [3.8, 4) is 0 Å². The number of esters is 4. The molecule has 0 heterocycles. The molecule has 0 aliphatic carbocycles. The molecule has 0 rings (SSSR count). The molecule has 0 radical (unpaired) electrons. The van der Waals surface area contributed by atoms with Gasteiger partial charge in [0.05, 0.1) is 26.4 Å². The summed E-state index contributed by atoms with van der Waals surface area (Å²) in [5.74, 6) is -1.37. The minimum Gasteiger partial charge on any atom is -0.462 e. The first-order chi connectivity index (χ1) is 48.0. The first-order valence-corrected chi connectivity index (χ1v) is 44.6. The van der Waals surface area contributed by atoms with Gasteiger partial charge in [-0.15, -0.1) is 0 Å². The van der Waals surface area contributed by atoms with E-state index in [2.05, 4.69) is 34.6 Å². The Labute approximate surface area is 607 Å². The van der Waals surface area contributed by atoms with Gasteiger partial charge in [-0.3, -0.25) is 37.3 Å². The lowest BCUT2D eigenvalue weighted by Crippen LogP contribution is -2.30. The van der Waals surface area contributed by atoms with Crippen LogP contribution in [-0.4, -0.2) is 96.7 Å². The highest BCUT2D eigenvalue weighted by atomic mass is 31.2. The lowest BCUT2D eigenvalue weighted by molar-refractivity contribution is -0.161. The molecule has 0 aliphatic rings. The Hall–Kier alpha value is -1.94. The second-order valence-corrected chi connectivity index (χ2v) is 32.2. The summed E-state index contributed by atoms with van der Waals surface area (Å²) in [7, 11) is -9.91. The predicted molar refractivity (Wildman–Crippen MR) is 405 cm³/mol. The lowest BCUT2D eigenvalue weighted by atomic mass is 10.0. The molecule has 0 aliphatic heterocycles. The minimum absolute atomic E-state index is 0.106. The number of hydrogen-bond acceptors (Lipinski definition) is 15. The molecule has 0 bridgehead atoms. The van der Waals surface area contributed by atoms with E-state index in [1.54, 1.807) is 0 Å². The predicted octanol–water partition coefficient (Wildman–Crippen LogP) is 24.0. The van der Waals surface area contributed by atoms with Gasteiger partial charge in [0.1, 0.15) is 19.3 Å². The Balaban J connectivity index is 5.20. The summed E-state index contributed by atoms with van der Waals surface area (Å²) in [4.78, 5) is 72.9. The molecule has 0 saturated carbocycles. The Kier molecular flexibility index (Phi) is 71.6. The van der Waals surface area contributed by atoms with Gasteiger partial charge < -0.3 is 33.8 Å². The zero-order valence-electron chi connectivity index (χ0n) is 64.6. The van der Waals surface area contributed by atoms with Crippen molar-refractivity contribution >= 4 is 39.5 Å². The Morgan fingerprint density at radius 3 is 0.687 bits per heavy atom. The van der Waals surface area contributed by atoms with Crippen LogP contribution in [0, 0.1) is 5.92 Å². The highest BCUT2D eigenvalue weighted by Crippen LogP contribution is 2.45. The third-order valence-electron chi connectivity index (χ3n) is 18.8. The molecule has 0 aromatic heterocycles. The molecule has 17 nitrogen and oxygen atoms in total. The minimum atomic E-state index is -4.96. The van der Waals surface area contributed by atoms with Crippen molar-refractivity contribution in [2.45, 2.75) is 445 Å². The van der Waals surface area contributed by atoms with Crippen LogP contribution >= 0.6 is 15.6 Å². The molecule has 0 aromatic carbocycles. The van der Waals surface area contributed by atoms with E-state index in [0.29, 0.717) is 25.7 Å². The van der Waals surface area contributed by atoms with Crippen molar-refractivity contribution in [1.82, 2.24) is 0 Å². The van der Waals surface area contributed by atoms with Crippen LogP contribution in [0.5, 0.6) is 0 Å². The number of aliphatic hydroxyl groups is 1. The standard InChI is InChI=1S/C80H156O17P2/c1-6-9-12-15-18-21-23-25-27-29-30-31-32-34-36-38-40-45-50-55-60-65-79(84)96-76(70-91-78(83)64-59-54-49-44-39-37-35-33-28-26-24-22-19-16-13-10-7-2)72-95-99(88,89)93-68-74(81)67-92-98(86,87)94-71-75(69-90-77(82)63-58-53-48-42-20-17-14-11-8-3)97-80(85)66-61-56-51-46-41-43-47-52-57-62-73(4)5/h73-76,81H,6-72H2,1-5H3,(H,86,87)(H,88,89)/t74-,75+,76+/m0/s1. The van der Waals surface area contributed by atoms with E-state index < -0.39 is 97.5 Å². The van der Waals surface area contributed by atoms with Gasteiger partial charge in [-0.1, -0.05) is 375 Å². The summed E-state index contributed by atoms with van der Waals surface area (Å²) in [6.45, 7) is 7.28. The maximum absolute atomic E-state index is 13.1. The number of aliphatic hydroxyl groups excluding tert-OH is 1. The van der Waals surface area contributed by atoms with Crippen molar-refractivity contribution < 1.29 is 80.2 Å². The van der Waals surface area contributed by atoms with Gasteiger partial charge in [-0.2, -0.15) is 0 Å². The molecule has 19 heteroatoms. The maximum atomic E-state index is 13.1. The molecule has 588 valence electrons. The van der Waals surface area contributed by atoms with E-state index in [4.69, 9.17) is 37.0 Å². The van der Waals surface area contributed by atoms with Gasteiger partial charge in [-0.05, 0) is 31.6 Å². The molecule has 3 N–H and O–H groups in total. The molecule has 0 spiro atoms.